The number of carbonyl (C=O) groups excluding carboxylic acids is 1. The van der Waals surface area contributed by atoms with Gasteiger partial charge in [-0.15, -0.1) is 10.2 Å². The first-order chi connectivity index (χ1) is 11.1. The van der Waals surface area contributed by atoms with E-state index in [0.717, 1.165) is 35.6 Å². The van der Waals surface area contributed by atoms with Crippen LogP contribution in [0.3, 0.4) is 0 Å². The molecule has 1 heterocycles. The van der Waals surface area contributed by atoms with Gasteiger partial charge < -0.3 is 0 Å². The van der Waals surface area contributed by atoms with Crippen LogP contribution in [0.1, 0.15) is 45.1 Å². The number of amides is 1. The Morgan fingerprint density at radius 1 is 1.22 bits per heavy atom. The van der Waals surface area contributed by atoms with Crippen LogP contribution in [0.2, 0.25) is 0 Å². The molecule has 0 aliphatic heterocycles. The molecule has 1 aromatic heterocycles. The molecule has 6 heteroatoms. The smallest absolute Gasteiger partial charge is 0.236 e. The first kappa shape index (κ1) is 16.5. The third kappa shape index (κ3) is 3.58. The Bertz CT molecular complexity index is 663. The molecule has 3 rings (SSSR count). The van der Waals surface area contributed by atoms with Crippen LogP contribution in [0.5, 0.6) is 0 Å². The molecule has 1 aliphatic rings. The molecule has 1 aliphatic carbocycles. The van der Waals surface area contributed by atoms with Crippen LogP contribution in [0.15, 0.2) is 34.7 Å². The highest BCUT2D eigenvalue weighted by molar-refractivity contribution is 8.01. The summed E-state index contributed by atoms with van der Waals surface area (Å²) in [5, 5.41) is 12.3. The van der Waals surface area contributed by atoms with E-state index in [0.29, 0.717) is 10.4 Å². The Hall–Kier alpha value is -1.40. The molecule has 2 aromatic rings. The first-order valence-electron chi connectivity index (χ1n) is 7.97. The lowest BCUT2D eigenvalue weighted by molar-refractivity contribution is -0.121. The summed E-state index contributed by atoms with van der Waals surface area (Å²) < 4.78 is 0.899. The lowest BCUT2D eigenvalue weighted by Crippen LogP contribution is -2.37. The Labute approximate surface area is 145 Å². The number of rotatable bonds is 5. The second-order valence-corrected chi connectivity index (χ2v) is 8.95. The number of nitrogens with zero attached hydrogens (tertiary/aromatic N) is 2. The molecule has 23 heavy (non-hydrogen) atoms. The summed E-state index contributed by atoms with van der Waals surface area (Å²) in [6.07, 6.45) is 3.98. The van der Waals surface area contributed by atoms with Gasteiger partial charge in [0.2, 0.25) is 11.0 Å². The summed E-state index contributed by atoms with van der Waals surface area (Å²) in [7, 11) is 0. The number of hydrogen-bond donors (Lipinski definition) is 1. The van der Waals surface area contributed by atoms with Gasteiger partial charge in [0.25, 0.3) is 0 Å². The summed E-state index contributed by atoms with van der Waals surface area (Å²) in [5.74, 6) is 0.0541. The summed E-state index contributed by atoms with van der Waals surface area (Å²) >= 11 is 3.12. The molecule has 0 atom stereocenters. The van der Waals surface area contributed by atoms with E-state index in [1.54, 1.807) is 11.8 Å². The summed E-state index contributed by atoms with van der Waals surface area (Å²) in [6.45, 7) is 4.24. The van der Waals surface area contributed by atoms with Crippen LogP contribution in [0, 0.1) is 0 Å². The van der Waals surface area contributed by atoms with Gasteiger partial charge in [0.15, 0.2) is 4.34 Å². The molecule has 122 valence electrons. The van der Waals surface area contributed by atoms with Crippen LogP contribution in [-0.4, -0.2) is 21.4 Å². The number of aromatic nitrogens is 2. The van der Waals surface area contributed by atoms with Crippen molar-refractivity contribution in [3.63, 3.8) is 0 Å². The highest BCUT2D eigenvalue weighted by Crippen LogP contribution is 2.42. The van der Waals surface area contributed by atoms with E-state index < -0.39 is 5.41 Å². The van der Waals surface area contributed by atoms with Crippen LogP contribution in [-0.2, 0) is 10.2 Å². The Balaban J connectivity index is 1.79. The fourth-order valence-corrected chi connectivity index (χ4v) is 5.08. The van der Waals surface area contributed by atoms with Crippen LogP contribution in [0.4, 0.5) is 5.13 Å². The molecule has 4 nitrogen and oxygen atoms in total. The summed E-state index contributed by atoms with van der Waals surface area (Å²) in [4.78, 5) is 13.0. The average molecular weight is 348 g/mol. The number of carbonyl (C=O) groups is 1. The zero-order valence-electron chi connectivity index (χ0n) is 13.4. The molecule has 1 aromatic carbocycles. The van der Waals surface area contributed by atoms with Gasteiger partial charge in [0, 0.05) is 5.25 Å². The van der Waals surface area contributed by atoms with E-state index >= 15 is 0 Å². The Kier molecular flexibility index (Phi) is 5.02. The molecule has 0 spiro atoms. The van der Waals surface area contributed by atoms with Crippen molar-refractivity contribution in [2.24, 2.45) is 0 Å². The van der Waals surface area contributed by atoms with E-state index in [9.17, 15) is 4.79 Å². The third-order valence-corrected chi connectivity index (χ3v) is 6.11. The summed E-state index contributed by atoms with van der Waals surface area (Å²) in [5.41, 5.74) is 0.689. The predicted octanol–water partition coefficient (Wildman–Crippen LogP) is 4.49. The minimum absolute atomic E-state index is 0.0541. The molecular formula is C17H21N3OS2. The van der Waals surface area contributed by atoms with Crippen LogP contribution < -0.4 is 5.32 Å². The lowest BCUT2D eigenvalue weighted by Gasteiger charge is -2.27. The molecule has 1 amide bonds. The Morgan fingerprint density at radius 3 is 2.57 bits per heavy atom. The van der Waals surface area contributed by atoms with Crippen molar-refractivity contribution in [3.8, 4) is 0 Å². The van der Waals surface area contributed by atoms with Gasteiger partial charge >= 0.3 is 0 Å². The maximum atomic E-state index is 13.0. The van der Waals surface area contributed by atoms with Gasteiger partial charge in [-0.25, -0.2) is 0 Å². The average Bonchev–Trinajstić information content (AvgIpc) is 3.18. The van der Waals surface area contributed by atoms with Gasteiger partial charge in [-0.05, 0) is 18.4 Å². The zero-order chi connectivity index (χ0) is 16.3. The molecule has 1 N–H and O–H groups in total. The molecule has 0 saturated heterocycles. The fourth-order valence-electron chi connectivity index (χ4n) is 3.11. The van der Waals surface area contributed by atoms with Gasteiger partial charge in [0.1, 0.15) is 0 Å². The van der Waals surface area contributed by atoms with E-state index in [2.05, 4.69) is 41.5 Å². The van der Waals surface area contributed by atoms with Crippen molar-refractivity contribution in [2.45, 2.75) is 54.5 Å². The van der Waals surface area contributed by atoms with E-state index in [-0.39, 0.29) is 5.91 Å². The SMILES string of the molecule is CC(C)Sc1nnc(NC(=O)C2(c3ccccc3)CCCC2)s1. The number of hydrogen-bond acceptors (Lipinski definition) is 5. The van der Waals surface area contributed by atoms with Gasteiger partial charge in [-0.2, -0.15) is 0 Å². The van der Waals surface area contributed by atoms with Gasteiger partial charge in [-0.1, -0.05) is 80.1 Å². The fraction of sp³-hybridized carbons (Fsp3) is 0.471. The number of nitrogens with one attached hydrogen (secondary N) is 1. The van der Waals surface area contributed by atoms with Crippen molar-refractivity contribution in [1.82, 2.24) is 10.2 Å². The normalized spacial score (nSPS) is 16.7. The third-order valence-electron chi connectivity index (χ3n) is 4.18. The number of anilines is 1. The molecule has 1 saturated carbocycles. The van der Waals surface area contributed by atoms with Gasteiger partial charge in [-0.3, -0.25) is 10.1 Å². The second-order valence-electron chi connectivity index (χ2n) is 6.15. The Morgan fingerprint density at radius 2 is 1.91 bits per heavy atom. The van der Waals surface area contributed by atoms with Crippen LogP contribution in [0.25, 0.3) is 0 Å². The standard InChI is InChI=1S/C17H21N3OS2/c1-12(2)22-16-20-19-15(23-16)18-14(21)17(10-6-7-11-17)13-8-4-3-5-9-13/h3-5,8-9,12H,6-7,10-11H2,1-2H3,(H,18,19,21). The minimum Gasteiger partial charge on any atom is -0.300 e. The molecule has 0 unspecified atom stereocenters. The highest BCUT2D eigenvalue weighted by Gasteiger charge is 2.42. The van der Waals surface area contributed by atoms with Crippen molar-refractivity contribution >= 4 is 34.1 Å². The van der Waals surface area contributed by atoms with Crippen LogP contribution >= 0.6 is 23.1 Å². The largest absolute Gasteiger partial charge is 0.300 e. The first-order valence-corrected chi connectivity index (χ1v) is 9.67. The van der Waals surface area contributed by atoms with Gasteiger partial charge in [0.05, 0.1) is 5.41 Å². The van der Waals surface area contributed by atoms with E-state index in [1.807, 2.05) is 18.2 Å². The number of thioether (sulfide) groups is 1. The van der Waals surface area contributed by atoms with E-state index in [4.69, 9.17) is 0 Å². The van der Waals surface area contributed by atoms with Crippen molar-refractivity contribution in [2.75, 3.05) is 5.32 Å². The van der Waals surface area contributed by atoms with Crippen molar-refractivity contribution in [1.29, 1.82) is 0 Å². The van der Waals surface area contributed by atoms with Crippen molar-refractivity contribution in [3.05, 3.63) is 35.9 Å². The highest BCUT2D eigenvalue weighted by atomic mass is 32.2. The molecule has 1 fully saturated rings. The second kappa shape index (κ2) is 7.01. The van der Waals surface area contributed by atoms with E-state index in [1.165, 1.54) is 11.3 Å². The zero-order valence-corrected chi connectivity index (χ0v) is 15.0. The maximum Gasteiger partial charge on any atom is 0.236 e. The predicted molar refractivity (Wildman–Crippen MR) is 96.1 cm³/mol. The molecular weight excluding hydrogens is 326 g/mol. The maximum absolute atomic E-state index is 13.0. The topological polar surface area (TPSA) is 54.9 Å². The minimum atomic E-state index is -0.418. The quantitative estimate of drug-likeness (QED) is 0.639. The molecule has 0 radical (unpaired) electrons. The summed E-state index contributed by atoms with van der Waals surface area (Å²) in [6, 6.07) is 10.1. The van der Waals surface area contributed by atoms with Crippen molar-refractivity contribution < 1.29 is 4.79 Å². The monoisotopic (exact) mass is 347 g/mol. The lowest BCUT2D eigenvalue weighted by atomic mass is 9.78. The molecule has 0 bridgehead atoms. The number of benzene rings is 1.